The van der Waals surface area contributed by atoms with Crippen LogP contribution in [0.3, 0.4) is 0 Å². The van der Waals surface area contributed by atoms with Crippen molar-refractivity contribution in [3.8, 4) is 5.75 Å². The molecule has 2 aromatic carbocycles. The third-order valence-electron chi connectivity index (χ3n) is 3.79. The fraction of sp³-hybridized carbons (Fsp3) is 0.158. The number of hydrogen-bond donors (Lipinski definition) is 1. The Bertz CT molecular complexity index is 835. The zero-order chi connectivity index (χ0) is 16.4. The number of methoxy groups -OCH3 is 1. The third kappa shape index (κ3) is 3.01. The number of nitrogens with one attached hydrogen (secondary N) is 1. The number of aliphatic imine (C=N–C) groups is 1. The summed E-state index contributed by atoms with van der Waals surface area (Å²) in [5.74, 6) is 0.996. The van der Waals surface area contributed by atoms with Crippen molar-refractivity contribution in [3.63, 3.8) is 0 Å². The lowest BCUT2D eigenvalue weighted by molar-refractivity contribution is -0.115. The van der Waals surface area contributed by atoms with Gasteiger partial charge in [-0.1, -0.05) is 35.9 Å². The molecule has 4 nitrogen and oxygen atoms in total. The van der Waals surface area contributed by atoms with Crippen molar-refractivity contribution in [1.29, 1.82) is 0 Å². The molecule has 1 heterocycles. The maximum absolute atomic E-state index is 12.2. The second kappa shape index (κ2) is 6.08. The van der Waals surface area contributed by atoms with Crippen LogP contribution in [0.2, 0.25) is 0 Å². The lowest BCUT2D eigenvalue weighted by Gasteiger charge is -2.06. The Balaban J connectivity index is 2.01. The van der Waals surface area contributed by atoms with Crippen LogP contribution in [0.1, 0.15) is 22.3 Å². The van der Waals surface area contributed by atoms with E-state index in [1.165, 1.54) is 0 Å². The predicted molar refractivity (Wildman–Crippen MR) is 91.6 cm³/mol. The van der Waals surface area contributed by atoms with E-state index in [1.54, 1.807) is 7.11 Å². The van der Waals surface area contributed by atoms with E-state index in [1.807, 2.05) is 56.3 Å². The summed E-state index contributed by atoms with van der Waals surface area (Å²) in [5.41, 5.74) is 4.43. The number of rotatable bonds is 3. The molecule has 1 aliphatic heterocycles. The van der Waals surface area contributed by atoms with E-state index < -0.39 is 0 Å². The lowest BCUT2D eigenvalue weighted by atomic mass is 10.0. The molecule has 1 N–H and O–H groups in total. The molecule has 0 saturated carbocycles. The molecule has 1 amide bonds. The van der Waals surface area contributed by atoms with Gasteiger partial charge in [-0.05, 0) is 43.2 Å². The van der Waals surface area contributed by atoms with E-state index in [-0.39, 0.29) is 5.91 Å². The molecule has 0 spiro atoms. The van der Waals surface area contributed by atoms with Gasteiger partial charge in [0, 0.05) is 0 Å². The van der Waals surface area contributed by atoms with Crippen LogP contribution in [0.25, 0.3) is 6.08 Å². The number of carbonyl (C=O) groups excluding carboxylic acids is 1. The van der Waals surface area contributed by atoms with Crippen molar-refractivity contribution >= 4 is 17.8 Å². The molecule has 2 aromatic rings. The molecule has 0 aromatic heterocycles. The zero-order valence-electron chi connectivity index (χ0n) is 13.4. The fourth-order valence-electron chi connectivity index (χ4n) is 2.50. The molecule has 0 aliphatic carbocycles. The molecule has 0 saturated heterocycles. The highest BCUT2D eigenvalue weighted by molar-refractivity contribution is 6.20. The zero-order valence-corrected chi connectivity index (χ0v) is 13.4. The first-order chi connectivity index (χ1) is 11.1. The summed E-state index contributed by atoms with van der Waals surface area (Å²) >= 11 is 0. The molecule has 0 radical (unpaired) electrons. The molecule has 116 valence electrons. The lowest BCUT2D eigenvalue weighted by Crippen LogP contribution is -2.25. The summed E-state index contributed by atoms with van der Waals surface area (Å²) < 4.78 is 5.33. The van der Waals surface area contributed by atoms with Gasteiger partial charge in [0.05, 0.1) is 12.7 Å². The van der Waals surface area contributed by atoms with Crippen LogP contribution < -0.4 is 10.1 Å². The smallest absolute Gasteiger partial charge is 0.275 e. The first-order valence-electron chi connectivity index (χ1n) is 7.41. The molecule has 3 rings (SSSR count). The molecular weight excluding hydrogens is 288 g/mol. The summed E-state index contributed by atoms with van der Waals surface area (Å²) in [6.07, 6.45) is 1.82. The number of nitrogens with zero attached hydrogens (tertiary/aromatic N) is 1. The summed E-state index contributed by atoms with van der Waals surface area (Å²) in [6, 6.07) is 13.6. The highest BCUT2D eigenvalue weighted by Crippen LogP contribution is 2.22. The standard InChI is InChI=1S/C19H18N2O2/c1-12-8-9-13(2)14(10-12)11-16-19(22)21-18(20-16)15-6-4-5-7-17(15)23-3/h4-11H,1-3H3,(H,20,21,22)/b16-11+. The van der Waals surface area contributed by atoms with Crippen molar-refractivity contribution in [1.82, 2.24) is 5.32 Å². The largest absolute Gasteiger partial charge is 0.496 e. The second-order valence-electron chi connectivity index (χ2n) is 5.50. The van der Waals surface area contributed by atoms with Gasteiger partial charge < -0.3 is 10.1 Å². The van der Waals surface area contributed by atoms with Crippen LogP contribution in [-0.4, -0.2) is 18.9 Å². The first kappa shape index (κ1) is 15.0. The minimum Gasteiger partial charge on any atom is -0.496 e. The predicted octanol–water partition coefficient (Wildman–Crippen LogP) is 3.23. The Kier molecular flexibility index (Phi) is 3.98. The number of aryl methyl sites for hydroxylation is 2. The van der Waals surface area contributed by atoms with Crippen molar-refractivity contribution in [2.75, 3.05) is 7.11 Å². The van der Waals surface area contributed by atoms with Crippen LogP contribution in [0.4, 0.5) is 0 Å². The summed E-state index contributed by atoms with van der Waals surface area (Å²) in [5, 5.41) is 2.81. The number of ether oxygens (including phenoxy) is 1. The van der Waals surface area contributed by atoms with Crippen molar-refractivity contribution in [2.24, 2.45) is 4.99 Å². The Morgan fingerprint density at radius 2 is 1.91 bits per heavy atom. The Morgan fingerprint density at radius 1 is 1.13 bits per heavy atom. The Hall–Kier alpha value is -2.88. The molecule has 1 aliphatic rings. The number of amidine groups is 1. The maximum Gasteiger partial charge on any atom is 0.275 e. The van der Waals surface area contributed by atoms with Gasteiger partial charge in [-0.2, -0.15) is 0 Å². The van der Waals surface area contributed by atoms with Gasteiger partial charge in [-0.25, -0.2) is 4.99 Å². The Labute approximate surface area is 135 Å². The number of hydrogen-bond acceptors (Lipinski definition) is 3. The van der Waals surface area contributed by atoms with Gasteiger partial charge >= 0.3 is 0 Å². The van der Waals surface area contributed by atoms with Crippen LogP contribution in [0.15, 0.2) is 53.2 Å². The minimum atomic E-state index is -0.202. The molecule has 23 heavy (non-hydrogen) atoms. The normalized spacial score (nSPS) is 15.5. The number of para-hydroxylation sites is 1. The van der Waals surface area contributed by atoms with E-state index in [4.69, 9.17) is 4.74 Å². The third-order valence-corrected chi connectivity index (χ3v) is 3.79. The average molecular weight is 306 g/mol. The SMILES string of the molecule is COc1ccccc1C1=N/C(=C/c2cc(C)ccc2C)C(=O)N1. The van der Waals surface area contributed by atoms with Crippen LogP contribution in [-0.2, 0) is 4.79 Å². The molecule has 0 unspecified atom stereocenters. The van der Waals surface area contributed by atoms with E-state index in [0.29, 0.717) is 17.3 Å². The van der Waals surface area contributed by atoms with Gasteiger partial charge in [0.2, 0.25) is 0 Å². The quantitative estimate of drug-likeness (QED) is 0.885. The molecule has 0 fully saturated rings. The summed E-state index contributed by atoms with van der Waals surface area (Å²) in [7, 11) is 1.60. The van der Waals surface area contributed by atoms with Gasteiger partial charge in [0.15, 0.2) is 0 Å². The minimum absolute atomic E-state index is 0.202. The highest BCUT2D eigenvalue weighted by Gasteiger charge is 2.23. The van der Waals surface area contributed by atoms with Crippen molar-refractivity contribution < 1.29 is 9.53 Å². The van der Waals surface area contributed by atoms with E-state index in [0.717, 1.165) is 22.3 Å². The molecule has 0 atom stereocenters. The number of carbonyl (C=O) groups is 1. The summed E-state index contributed by atoms with van der Waals surface area (Å²) in [4.78, 5) is 16.7. The van der Waals surface area contributed by atoms with Crippen LogP contribution in [0.5, 0.6) is 5.75 Å². The topological polar surface area (TPSA) is 50.7 Å². The molecular formula is C19H18N2O2. The van der Waals surface area contributed by atoms with Crippen LogP contribution >= 0.6 is 0 Å². The monoisotopic (exact) mass is 306 g/mol. The first-order valence-corrected chi connectivity index (χ1v) is 7.41. The van der Waals surface area contributed by atoms with Gasteiger partial charge in [0.1, 0.15) is 17.3 Å². The van der Waals surface area contributed by atoms with Crippen LogP contribution in [0, 0.1) is 13.8 Å². The van der Waals surface area contributed by atoms with Gasteiger partial charge in [-0.3, -0.25) is 4.79 Å². The highest BCUT2D eigenvalue weighted by atomic mass is 16.5. The van der Waals surface area contributed by atoms with Crippen molar-refractivity contribution in [2.45, 2.75) is 13.8 Å². The van der Waals surface area contributed by atoms with Crippen molar-refractivity contribution in [3.05, 3.63) is 70.4 Å². The van der Waals surface area contributed by atoms with Gasteiger partial charge in [0.25, 0.3) is 5.91 Å². The van der Waals surface area contributed by atoms with E-state index in [9.17, 15) is 4.79 Å². The van der Waals surface area contributed by atoms with E-state index in [2.05, 4.69) is 16.4 Å². The second-order valence-corrected chi connectivity index (χ2v) is 5.50. The fourth-order valence-corrected chi connectivity index (χ4v) is 2.50. The molecule has 4 heteroatoms. The van der Waals surface area contributed by atoms with Gasteiger partial charge in [-0.15, -0.1) is 0 Å². The summed E-state index contributed by atoms with van der Waals surface area (Å²) in [6.45, 7) is 4.04. The molecule has 0 bridgehead atoms. The maximum atomic E-state index is 12.2. The Morgan fingerprint density at radius 3 is 2.70 bits per heavy atom. The average Bonchev–Trinajstić information content (AvgIpc) is 2.91. The van der Waals surface area contributed by atoms with E-state index >= 15 is 0 Å². The number of benzene rings is 2. The number of amides is 1.